The average Bonchev–Trinajstić information content (AvgIpc) is 3.35. The van der Waals surface area contributed by atoms with E-state index in [-0.39, 0.29) is 31.8 Å². The highest BCUT2D eigenvalue weighted by molar-refractivity contribution is 5.29. The lowest BCUT2D eigenvalue weighted by Crippen LogP contribution is -2.70. The molecule has 1 saturated heterocycles. The standard InChI is InChI=1S/C35H52O9/c1-4-8-24-12-14-27(15-13-24)43-33-35(41)22-25(16-18-34(40)17-5-9-26(34)21-23(2)3)28(37)10-7-20-42-29(11-6-19-36)31(44-33)30(38)32(35)39/h4,12-15,23,25-26,28-33,36-41H,1,5-6,8-11,16-19,21-22H2,2-3H3/t25-,26-,28-,29+,30+,31+,32-,33-,34+,35+/m0/s1. The molecule has 1 aliphatic carbocycles. The molecule has 1 aromatic carbocycles. The number of aliphatic hydroxyl groups is 6. The average molecular weight is 617 g/mol. The van der Waals surface area contributed by atoms with Crippen LogP contribution in [0.15, 0.2) is 36.9 Å². The maximum absolute atomic E-state index is 12.2. The van der Waals surface area contributed by atoms with Crippen LogP contribution in [0.5, 0.6) is 5.75 Å². The van der Waals surface area contributed by atoms with E-state index in [0.717, 1.165) is 24.8 Å². The van der Waals surface area contributed by atoms with E-state index in [4.69, 9.17) is 14.2 Å². The Morgan fingerprint density at radius 2 is 1.89 bits per heavy atom. The molecule has 0 radical (unpaired) electrons. The molecule has 3 aliphatic heterocycles. The van der Waals surface area contributed by atoms with E-state index in [1.807, 2.05) is 12.1 Å². The zero-order chi connectivity index (χ0) is 31.9. The van der Waals surface area contributed by atoms with Gasteiger partial charge in [-0.3, -0.25) is 0 Å². The summed E-state index contributed by atoms with van der Waals surface area (Å²) in [6, 6.07) is 7.21. The minimum absolute atomic E-state index is 0.0573. The SMILES string of the molecule is C=CCc1ccc(O[C@H]2O[C@H]3[C@@H](O)[C@H](O)[C@]2(O)C[C@H](CC[C@]2(O)CCC[C@H]2CC(C)C)[C@@H](O)CC#CO[C@@H]3CCCO)cc1. The van der Waals surface area contributed by atoms with Crippen LogP contribution in [0.1, 0.15) is 83.6 Å². The van der Waals surface area contributed by atoms with Crippen LogP contribution in [0.25, 0.3) is 0 Å². The van der Waals surface area contributed by atoms with Gasteiger partial charge in [-0.1, -0.05) is 44.4 Å². The molecule has 4 aliphatic rings. The molecule has 0 amide bonds. The van der Waals surface area contributed by atoms with Crippen molar-refractivity contribution in [3.05, 3.63) is 42.5 Å². The first-order valence-corrected chi connectivity index (χ1v) is 16.3. The normalized spacial score (nSPS) is 37.4. The highest BCUT2D eigenvalue weighted by Crippen LogP contribution is 2.45. The van der Waals surface area contributed by atoms with Crippen LogP contribution < -0.4 is 4.74 Å². The summed E-state index contributed by atoms with van der Waals surface area (Å²) >= 11 is 0. The first-order chi connectivity index (χ1) is 21.0. The lowest BCUT2D eigenvalue weighted by atomic mass is 9.73. The van der Waals surface area contributed by atoms with Gasteiger partial charge in [-0.15, -0.1) is 6.58 Å². The number of rotatable bonds is 12. The number of allylic oxidation sites excluding steroid dienone is 1. The van der Waals surface area contributed by atoms with Crippen LogP contribution >= 0.6 is 0 Å². The summed E-state index contributed by atoms with van der Waals surface area (Å²) in [4.78, 5) is 0. The second kappa shape index (κ2) is 15.4. The molecule has 10 atom stereocenters. The molecule has 9 nitrogen and oxygen atoms in total. The number of aliphatic hydroxyl groups excluding tert-OH is 4. The summed E-state index contributed by atoms with van der Waals surface area (Å²) in [7, 11) is 0. The van der Waals surface area contributed by atoms with Gasteiger partial charge in [0.1, 0.15) is 36.3 Å². The molecule has 0 spiro atoms. The summed E-state index contributed by atoms with van der Waals surface area (Å²) in [6.07, 6.45) is 2.19. The monoisotopic (exact) mass is 616 g/mol. The van der Waals surface area contributed by atoms with Gasteiger partial charge in [-0.05, 0) is 93.2 Å². The van der Waals surface area contributed by atoms with Crippen molar-refractivity contribution in [2.45, 2.75) is 132 Å². The summed E-state index contributed by atoms with van der Waals surface area (Å²) in [5, 5.41) is 67.5. The zero-order valence-electron chi connectivity index (χ0n) is 26.2. The second-order valence-corrected chi connectivity index (χ2v) is 13.5. The molecule has 1 aromatic rings. The van der Waals surface area contributed by atoms with Crippen molar-refractivity contribution < 1.29 is 44.8 Å². The second-order valence-electron chi connectivity index (χ2n) is 13.5. The fourth-order valence-corrected chi connectivity index (χ4v) is 7.27. The molecule has 44 heavy (non-hydrogen) atoms. The fourth-order valence-electron chi connectivity index (χ4n) is 7.27. The number of fused-ring (bicyclic) bond motifs is 8. The fraction of sp³-hybridized carbons (Fsp3) is 0.714. The van der Waals surface area contributed by atoms with Gasteiger partial charge in [0.25, 0.3) is 0 Å². The van der Waals surface area contributed by atoms with Crippen molar-refractivity contribution in [3.63, 3.8) is 0 Å². The minimum Gasteiger partial charge on any atom is -0.462 e. The molecule has 246 valence electrons. The molecule has 2 bridgehead atoms. The molecule has 9 heteroatoms. The Labute approximate surface area is 261 Å². The van der Waals surface area contributed by atoms with E-state index < -0.39 is 53.9 Å². The van der Waals surface area contributed by atoms with Crippen molar-refractivity contribution >= 4 is 0 Å². The Hall–Kier alpha value is -2.16. The van der Waals surface area contributed by atoms with E-state index in [1.165, 1.54) is 0 Å². The lowest BCUT2D eigenvalue weighted by molar-refractivity contribution is -0.333. The third kappa shape index (κ3) is 8.16. The van der Waals surface area contributed by atoms with Gasteiger partial charge < -0.3 is 44.8 Å². The molecule has 2 fully saturated rings. The Balaban J connectivity index is 1.66. The smallest absolute Gasteiger partial charge is 0.232 e. The predicted octanol–water partition coefficient (Wildman–Crippen LogP) is 3.22. The van der Waals surface area contributed by atoms with Gasteiger partial charge in [0.15, 0.2) is 5.60 Å². The molecule has 6 N–H and O–H groups in total. The quantitative estimate of drug-likeness (QED) is 0.154. The van der Waals surface area contributed by atoms with Gasteiger partial charge in [-0.2, -0.15) is 0 Å². The van der Waals surface area contributed by atoms with Crippen LogP contribution in [0, 0.1) is 29.8 Å². The highest BCUT2D eigenvalue weighted by atomic mass is 16.7. The van der Waals surface area contributed by atoms with Crippen molar-refractivity contribution in [3.8, 4) is 17.8 Å². The van der Waals surface area contributed by atoms with Gasteiger partial charge in [0, 0.05) is 13.0 Å². The van der Waals surface area contributed by atoms with Crippen molar-refractivity contribution in [1.29, 1.82) is 0 Å². The van der Waals surface area contributed by atoms with E-state index >= 15 is 0 Å². The molecule has 5 rings (SSSR count). The number of ether oxygens (including phenoxy) is 3. The molecular weight excluding hydrogens is 564 g/mol. The van der Waals surface area contributed by atoms with Crippen molar-refractivity contribution in [2.24, 2.45) is 17.8 Å². The van der Waals surface area contributed by atoms with Crippen LogP contribution in [-0.2, 0) is 15.9 Å². The summed E-state index contributed by atoms with van der Waals surface area (Å²) in [5.41, 5.74) is -1.98. The summed E-state index contributed by atoms with van der Waals surface area (Å²) in [6.45, 7) is 7.94. The van der Waals surface area contributed by atoms with Gasteiger partial charge in [0.2, 0.25) is 6.29 Å². The first kappa shape index (κ1) is 34.7. The zero-order valence-corrected chi connectivity index (χ0v) is 26.2. The highest BCUT2D eigenvalue weighted by Gasteiger charge is 2.59. The number of benzene rings is 1. The molecule has 0 aromatic heterocycles. The molecule has 1 saturated carbocycles. The van der Waals surface area contributed by atoms with E-state index in [0.29, 0.717) is 43.8 Å². The topological polar surface area (TPSA) is 149 Å². The van der Waals surface area contributed by atoms with Gasteiger partial charge >= 0.3 is 0 Å². The summed E-state index contributed by atoms with van der Waals surface area (Å²) in [5.74, 6) is 3.24. The summed E-state index contributed by atoms with van der Waals surface area (Å²) < 4.78 is 18.2. The number of hydrogen-bond donors (Lipinski definition) is 6. The van der Waals surface area contributed by atoms with Gasteiger partial charge in [0.05, 0.1) is 11.7 Å². The van der Waals surface area contributed by atoms with E-state index in [1.54, 1.807) is 18.2 Å². The molecule has 3 heterocycles. The molecular formula is C35H52O9. The van der Waals surface area contributed by atoms with Crippen LogP contribution in [0.2, 0.25) is 0 Å². The van der Waals surface area contributed by atoms with Crippen LogP contribution in [0.3, 0.4) is 0 Å². The Bertz CT molecular complexity index is 1110. The first-order valence-electron chi connectivity index (χ1n) is 16.3. The van der Waals surface area contributed by atoms with Crippen LogP contribution in [0.4, 0.5) is 0 Å². The van der Waals surface area contributed by atoms with E-state index in [9.17, 15) is 30.6 Å². The maximum atomic E-state index is 12.2. The Kier molecular flexibility index (Phi) is 12.2. The third-order valence-electron chi connectivity index (χ3n) is 9.77. The maximum Gasteiger partial charge on any atom is 0.232 e. The molecule has 0 unspecified atom stereocenters. The van der Waals surface area contributed by atoms with Gasteiger partial charge in [-0.25, -0.2) is 0 Å². The number of hydrogen-bond acceptors (Lipinski definition) is 9. The lowest BCUT2D eigenvalue weighted by Gasteiger charge is -2.50. The van der Waals surface area contributed by atoms with Crippen LogP contribution in [-0.4, -0.2) is 85.3 Å². The Morgan fingerprint density at radius 3 is 2.57 bits per heavy atom. The minimum atomic E-state index is -2.12. The third-order valence-corrected chi connectivity index (χ3v) is 9.77. The predicted molar refractivity (Wildman–Crippen MR) is 165 cm³/mol. The Morgan fingerprint density at radius 1 is 1.14 bits per heavy atom. The largest absolute Gasteiger partial charge is 0.462 e. The van der Waals surface area contributed by atoms with E-state index in [2.05, 4.69) is 32.5 Å². The van der Waals surface area contributed by atoms with Crippen molar-refractivity contribution in [2.75, 3.05) is 6.61 Å². The van der Waals surface area contributed by atoms with Crippen molar-refractivity contribution in [1.82, 2.24) is 0 Å².